The fraction of sp³-hybridized carbons (Fsp3) is 0.583. The highest BCUT2D eigenvalue weighted by Crippen LogP contribution is 2.19. The van der Waals surface area contributed by atoms with Gasteiger partial charge in [0.15, 0.2) is 0 Å². The zero-order valence-electron chi connectivity index (χ0n) is 10.3. The molecule has 0 amide bonds. The summed E-state index contributed by atoms with van der Waals surface area (Å²) >= 11 is 0. The molecule has 0 saturated carbocycles. The summed E-state index contributed by atoms with van der Waals surface area (Å²) in [7, 11) is 0. The summed E-state index contributed by atoms with van der Waals surface area (Å²) in [5, 5.41) is 3.36. The molecule has 0 saturated heterocycles. The molecule has 3 N–H and O–H groups in total. The van der Waals surface area contributed by atoms with E-state index in [1.54, 1.807) is 0 Å². The Bertz CT molecular complexity index is 337. The number of rotatable bonds is 2. The standard InChI is InChI=1S/C12H21N3/c1-8-6-10(9(2)13)7-14-11(8)15-12(3,4)5/h6-7,9H,13H2,1-5H3,(H,14,15)/t9-/m1/s1. The number of pyridine rings is 1. The Labute approximate surface area is 92.1 Å². The van der Waals surface area contributed by atoms with Crippen molar-refractivity contribution in [1.82, 2.24) is 4.98 Å². The average Bonchev–Trinajstić information content (AvgIpc) is 2.05. The largest absolute Gasteiger partial charge is 0.365 e. The monoisotopic (exact) mass is 207 g/mol. The Morgan fingerprint density at radius 2 is 2.00 bits per heavy atom. The van der Waals surface area contributed by atoms with Crippen molar-refractivity contribution >= 4 is 5.82 Å². The van der Waals surface area contributed by atoms with E-state index in [1.807, 2.05) is 20.0 Å². The number of aryl methyl sites for hydroxylation is 1. The van der Waals surface area contributed by atoms with E-state index in [0.29, 0.717) is 0 Å². The maximum Gasteiger partial charge on any atom is 0.129 e. The summed E-state index contributed by atoms with van der Waals surface area (Å²) < 4.78 is 0. The van der Waals surface area contributed by atoms with Crippen molar-refractivity contribution in [3.05, 3.63) is 23.4 Å². The van der Waals surface area contributed by atoms with Crippen LogP contribution in [-0.4, -0.2) is 10.5 Å². The molecule has 1 aromatic rings. The van der Waals surface area contributed by atoms with Crippen molar-refractivity contribution in [1.29, 1.82) is 0 Å². The van der Waals surface area contributed by atoms with Crippen molar-refractivity contribution in [3.8, 4) is 0 Å². The summed E-state index contributed by atoms with van der Waals surface area (Å²) in [4.78, 5) is 4.39. The molecule has 15 heavy (non-hydrogen) atoms. The predicted octanol–water partition coefficient (Wildman–Crippen LogP) is 2.62. The van der Waals surface area contributed by atoms with E-state index in [0.717, 1.165) is 16.9 Å². The van der Waals surface area contributed by atoms with Gasteiger partial charge in [-0.1, -0.05) is 0 Å². The van der Waals surface area contributed by atoms with E-state index in [1.165, 1.54) is 0 Å². The highest BCUT2D eigenvalue weighted by Gasteiger charge is 2.12. The van der Waals surface area contributed by atoms with Crippen LogP contribution in [0.15, 0.2) is 12.3 Å². The lowest BCUT2D eigenvalue weighted by atomic mass is 10.1. The molecule has 0 aliphatic heterocycles. The van der Waals surface area contributed by atoms with Crippen LogP contribution in [0.5, 0.6) is 0 Å². The molecule has 3 heteroatoms. The summed E-state index contributed by atoms with van der Waals surface area (Å²) in [6.07, 6.45) is 1.84. The minimum absolute atomic E-state index is 0.0353. The average molecular weight is 207 g/mol. The van der Waals surface area contributed by atoms with Crippen LogP contribution in [0.3, 0.4) is 0 Å². The molecular weight excluding hydrogens is 186 g/mol. The van der Waals surface area contributed by atoms with Crippen LogP contribution in [0.25, 0.3) is 0 Å². The smallest absolute Gasteiger partial charge is 0.129 e. The third kappa shape index (κ3) is 3.51. The van der Waals surface area contributed by atoms with E-state index in [4.69, 9.17) is 5.73 Å². The van der Waals surface area contributed by atoms with Crippen molar-refractivity contribution in [2.45, 2.75) is 46.2 Å². The number of aromatic nitrogens is 1. The van der Waals surface area contributed by atoms with Crippen LogP contribution >= 0.6 is 0 Å². The fourth-order valence-corrected chi connectivity index (χ4v) is 1.33. The number of nitrogens with zero attached hydrogens (tertiary/aromatic N) is 1. The maximum absolute atomic E-state index is 5.80. The Morgan fingerprint density at radius 3 is 2.40 bits per heavy atom. The molecule has 0 aliphatic carbocycles. The van der Waals surface area contributed by atoms with E-state index in [9.17, 15) is 0 Å². The lowest BCUT2D eigenvalue weighted by Gasteiger charge is -2.23. The second-order valence-electron chi connectivity index (χ2n) is 5.10. The van der Waals surface area contributed by atoms with Crippen LogP contribution in [-0.2, 0) is 0 Å². The van der Waals surface area contributed by atoms with Crippen LogP contribution in [0, 0.1) is 6.92 Å². The Morgan fingerprint density at radius 1 is 1.40 bits per heavy atom. The molecule has 0 fully saturated rings. The van der Waals surface area contributed by atoms with Gasteiger partial charge < -0.3 is 11.1 Å². The molecular formula is C12H21N3. The van der Waals surface area contributed by atoms with Gasteiger partial charge in [-0.2, -0.15) is 0 Å². The first-order valence-electron chi connectivity index (χ1n) is 5.30. The number of hydrogen-bond donors (Lipinski definition) is 2. The highest BCUT2D eigenvalue weighted by atomic mass is 15.0. The molecule has 0 spiro atoms. The molecule has 0 aliphatic rings. The predicted molar refractivity (Wildman–Crippen MR) is 65.0 cm³/mol. The van der Waals surface area contributed by atoms with Crippen LogP contribution in [0.2, 0.25) is 0 Å². The molecule has 0 bridgehead atoms. The number of nitrogens with two attached hydrogens (primary N) is 1. The third-order valence-corrected chi connectivity index (χ3v) is 2.12. The zero-order chi connectivity index (χ0) is 11.6. The van der Waals surface area contributed by atoms with Gasteiger partial charge in [0.2, 0.25) is 0 Å². The van der Waals surface area contributed by atoms with Gasteiger partial charge in [-0.05, 0) is 51.8 Å². The molecule has 84 valence electrons. The van der Waals surface area contributed by atoms with Crippen molar-refractivity contribution in [2.75, 3.05) is 5.32 Å². The summed E-state index contributed by atoms with van der Waals surface area (Å²) in [5.41, 5.74) is 8.05. The molecule has 1 heterocycles. The van der Waals surface area contributed by atoms with Gasteiger partial charge in [-0.15, -0.1) is 0 Å². The topological polar surface area (TPSA) is 50.9 Å². The van der Waals surface area contributed by atoms with Gasteiger partial charge in [-0.25, -0.2) is 4.98 Å². The SMILES string of the molecule is Cc1cc([C@@H](C)N)cnc1NC(C)(C)C. The van der Waals surface area contributed by atoms with Gasteiger partial charge in [0.1, 0.15) is 5.82 Å². The highest BCUT2D eigenvalue weighted by molar-refractivity contribution is 5.46. The van der Waals surface area contributed by atoms with Crippen molar-refractivity contribution in [3.63, 3.8) is 0 Å². The summed E-state index contributed by atoms with van der Waals surface area (Å²) in [6.45, 7) is 10.4. The first kappa shape index (κ1) is 12.0. The van der Waals surface area contributed by atoms with Crippen LogP contribution < -0.4 is 11.1 Å². The second kappa shape index (κ2) is 4.19. The molecule has 1 atom stereocenters. The van der Waals surface area contributed by atoms with Crippen molar-refractivity contribution < 1.29 is 0 Å². The van der Waals surface area contributed by atoms with Gasteiger partial charge in [-0.3, -0.25) is 0 Å². The molecule has 3 nitrogen and oxygen atoms in total. The minimum atomic E-state index is 0.0353. The minimum Gasteiger partial charge on any atom is -0.365 e. The van der Waals surface area contributed by atoms with Crippen LogP contribution in [0.4, 0.5) is 5.82 Å². The molecule has 0 aromatic carbocycles. The molecule has 1 rings (SSSR count). The molecule has 1 aromatic heterocycles. The van der Waals surface area contributed by atoms with Gasteiger partial charge in [0, 0.05) is 17.8 Å². The Hall–Kier alpha value is -1.09. The Kier molecular flexibility index (Phi) is 3.35. The third-order valence-electron chi connectivity index (χ3n) is 2.12. The first-order valence-corrected chi connectivity index (χ1v) is 5.30. The second-order valence-corrected chi connectivity index (χ2v) is 5.10. The molecule has 0 unspecified atom stereocenters. The zero-order valence-corrected chi connectivity index (χ0v) is 10.3. The van der Waals surface area contributed by atoms with Gasteiger partial charge in [0.05, 0.1) is 0 Å². The van der Waals surface area contributed by atoms with E-state index < -0.39 is 0 Å². The lowest BCUT2D eigenvalue weighted by Crippen LogP contribution is -2.27. The normalized spacial score (nSPS) is 13.7. The first-order chi connectivity index (χ1) is 6.79. The summed E-state index contributed by atoms with van der Waals surface area (Å²) in [6, 6.07) is 2.13. The number of nitrogens with one attached hydrogen (secondary N) is 1. The van der Waals surface area contributed by atoms with E-state index >= 15 is 0 Å². The lowest BCUT2D eigenvalue weighted by molar-refractivity contribution is 0.629. The van der Waals surface area contributed by atoms with Gasteiger partial charge in [0.25, 0.3) is 0 Å². The van der Waals surface area contributed by atoms with Crippen LogP contribution in [0.1, 0.15) is 44.9 Å². The fourth-order valence-electron chi connectivity index (χ4n) is 1.33. The van der Waals surface area contributed by atoms with Crippen molar-refractivity contribution in [2.24, 2.45) is 5.73 Å². The van der Waals surface area contributed by atoms with Gasteiger partial charge >= 0.3 is 0 Å². The Balaban J connectivity index is 2.94. The van der Waals surface area contributed by atoms with E-state index in [2.05, 4.69) is 37.1 Å². The molecule has 0 radical (unpaired) electrons. The van der Waals surface area contributed by atoms with E-state index in [-0.39, 0.29) is 11.6 Å². The maximum atomic E-state index is 5.80. The number of anilines is 1. The number of hydrogen-bond acceptors (Lipinski definition) is 3. The quantitative estimate of drug-likeness (QED) is 0.783. The summed E-state index contributed by atoms with van der Waals surface area (Å²) in [5.74, 6) is 0.937.